The molecule has 0 aromatic carbocycles. The normalized spacial score (nSPS) is 10.9. The highest BCUT2D eigenvalue weighted by molar-refractivity contribution is 5.85. The molecule has 0 saturated carbocycles. The Balaban J connectivity index is 0.00000242. The molecule has 0 bridgehead atoms. The lowest BCUT2D eigenvalue weighted by atomic mass is 10.1. The Hall–Kier alpha value is -1.90. The van der Waals surface area contributed by atoms with Gasteiger partial charge in [-0.1, -0.05) is 0 Å². The predicted molar refractivity (Wildman–Crippen MR) is 93.0 cm³/mol. The second-order valence-corrected chi connectivity index (χ2v) is 4.48. The van der Waals surface area contributed by atoms with Gasteiger partial charge in [0.15, 0.2) is 0 Å². The highest BCUT2D eigenvalue weighted by Gasteiger charge is 2.19. The number of aryl methyl sites for hydroxylation is 1. The van der Waals surface area contributed by atoms with Gasteiger partial charge in [-0.05, 0) is 7.05 Å². The number of amides is 1. The summed E-state index contributed by atoms with van der Waals surface area (Å²) in [5.74, 6) is 0.593. The molecular formula is C13H21Cl2N7O. The van der Waals surface area contributed by atoms with E-state index >= 15 is 0 Å². The van der Waals surface area contributed by atoms with E-state index in [0.29, 0.717) is 18.9 Å². The lowest BCUT2D eigenvalue weighted by molar-refractivity contribution is -0.123. The number of hydrogen-bond acceptors (Lipinski definition) is 6. The Bertz CT molecular complexity index is 579. The lowest BCUT2D eigenvalue weighted by Gasteiger charge is -2.14. The number of anilines is 1. The summed E-state index contributed by atoms with van der Waals surface area (Å²) in [6.07, 6.45) is 8.35. The molecule has 8 nitrogen and oxygen atoms in total. The first kappa shape index (κ1) is 21.1. The van der Waals surface area contributed by atoms with E-state index in [1.54, 1.807) is 36.5 Å². The molecule has 10 heteroatoms. The van der Waals surface area contributed by atoms with Gasteiger partial charge in [0.05, 0.1) is 12.4 Å². The van der Waals surface area contributed by atoms with Gasteiger partial charge >= 0.3 is 0 Å². The minimum atomic E-state index is -0.407. The first-order valence-electron chi connectivity index (χ1n) is 6.64. The summed E-state index contributed by atoms with van der Waals surface area (Å²) < 4.78 is 1.67. The highest BCUT2D eigenvalue weighted by Crippen LogP contribution is 2.10. The Morgan fingerprint density at radius 1 is 1.26 bits per heavy atom. The molecule has 1 atom stereocenters. The fraction of sp³-hybridized carbons (Fsp3) is 0.385. The summed E-state index contributed by atoms with van der Waals surface area (Å²) in [7, 11) is 3.56. The van der Waals surface area contributed by atoms with E-state index in [-0.39, 0.29) is 30.7 Å². The van der Waals surface area contributed by atoms with Crippen LogP contribution >= 0.6 is 24.8 Å². The number of rotatable bonds is 7. The Morgan fingerprint density at radius 2 is 2.04 bits per heavy atom. The van der Waals surface area contributed by atoms with Crippen LogP contribution in [0.25, 0.3) is 0 Å². The van der Waals surface area contributed by atoms with Crippen molar-refractivity contribution in [1.82, 2.24) is 30.4 Å². The van der Waals surface area contributed by atoms with Crippen molar-refractivity contribution < 1.29 is 4.79 Å². The van der Waals surface area contributed by atoms with Crippen molar-refractivity contribution in [2.75, 3.05) is 25.5 Å². The first-order valence-corrected chi connectivity index (χ1v) is 6.64. The maximum atomic E-state index is 12.1. The number of halogens is 2. The Morgan fingerprint density at radius 3 is 2.61 bits per heavy atom. The molecule has 0 aliphatic carbocycles. The second kappa shape index (κ2) is 10.8. The minimum absolute atomic E-state index is 0. The van der Waals surface area contributed by atoms with E-state index in [2.05, 4.69) is 31.0 Å². The third kappa shape index (κ3) is 6.39. The monoisotopic (exact) mass is 361 g/mol. The van der Waals surface area contributed by atoms with Crippen LogP contribution in [0.1, 0.15) is 11.6 Å². The molecule has 1 amide bonds. The molecule has 0 aliphatic heterocycles. The van der Waals surface area contributed by atoms with Crippen molar-refractivity contribution in [2.45, 2.75) is 6.04 Å². The number of aromatic nitrogens is 4. The molecule has 0 saturated heterocycles. The average Bonchev–Trinajstić information content (AvgIpc) is 2.92. The molecule has 128 valence electrons. The van der Waals surface area contributed by atoms with Crippen LogP contribution in [-0.4, -0.2) is 45.8 Å². The van der Waals surface area contributed by atoms with Gasteiger partial charge in [0.1, 0.15) is 11.9 Å². The zero-order chi connectivity index (χ0) is 15.1. The van der Waals surface area contributed by atoms with Gasteiger partial charge in [-0.2, -0.15) is 5.10 Å². The molecule has 2 heterocycles. The summed E-state index contributed by atoms with van der Waals surface area (Å²) in [5, 5.41) is 13.0. The molecule has 23 heavy (non-hydrogen) atoms. The van der Waals surface area contributed by atoms with Gasteiger partial charge in [-0.15, -0.1) is 24.8 Å². The molecule has 2 rings (SSSR count). The Kier molecular flexibility index (Phi) is 9.87. The van der Waals surface area contributed by atoms with Crippen molar-refractivity contribution in [3.63, 3.8) is 0 Å². The summed E-state index contributed by atoms with van der Waals surface area (Å²) in [6, 6.07) is -0.407. The topological polar surface area (TPSA) is 96.8 Å². The van der Waals surface area contributed by atoms with Gasteiger partial charge in [0.25, 0.3) is 0 Å². The van der Waals surface area contributed by atoms with Crippen molar-refractivity contribution in [2.24, 2.45) is 7.05 Å². The molecule has 0 spiro atoms. The largest absolute Gasteiger partial charge is 0.367 e. The number of carbonyl (C=O) groups excluding carboxylic acids is 1. The molecule has 2 aromatic rings. The van der Waals surface area contributed by atoms with Gasteiger partial charge in [0, 0.05) is 44.3 Å². The van der Waals surface area contributed by atoms with Crippen LogP contribution in [0.15, 0.2) is 31.0 Å². The van der Waals surface area contributed by atoms with E-state index in [9.17, 15) is 4.79 Å². The van der Waals surface area contributed by atoms with Crippen LogP contribution in [0.4, 0.5) is 5.82 Å². The van der Waals surface area contributed by atoms with Crippen molar-refractivity contribution in [1.29, 1.82) is 0 Å². The second-order valence-electron chi connectivity index (χ2n) is 4.48. The maximum Gasteiger partial charge on any atom is 0.241 e. The molecule has 0 radical (unpaired) electrons. The summed E-state index contributed by atoms with van der Waals surface area (Å²) in [4.78, 5) is 20.2. The minimum Gasteiger partial charge on any atom is -0.367 e. The van der Waals surface area contributed by atoms with Gasteiger partial charge in [-0.3, -0.25) is 14.5 Å². The molecule has 0 fully saturated rings. The molecular weight excluding hydrogens is 341 g/mol. The van der Waals surface area contributed by atoms with Crippen LogP contribution in [0.2, 0.25) is 0 Å². The van der Waals surface area contributed by atoms with E-state index in [1.807, 2.05) is 13.2 Å². The fourth-order valence-corrected chi connectivity index (χ4v) is 1.91. The highest BCUT2D eigenvalue weighted by atomic mass is 35.5. The third-order valence-corrected chi connectivity index (χ3v) is 2.90. The van der Waals surface area contributed by atoms with Crippen LogP contribution in [0.5, 0.6) is 0 Å². The zero-order valence-corrected chi connectivity index (χ0v) is 14.5. The number of nitrogens with one attached hydrogen (secondary N) is 3. The number of likely N-dealkylation sites (N-methyl/N-ethyl adjacent to an activating group) is 1. The smallest absolute Gasteiger partial charge is 0.241 e. The quantitative estimate of drug-likeness (QED) is 0.623. The van der Waals surface area contributed by atoms with Gasteiger partial charge < -0.3 is 16.0 Å². The van der Waals surface area contributed by atoms with E-state index in [1.165, 1.54) is 0 Å². The van der Waals surface area contributed by atoms with Crippen molar-refractivity contribution >= 4 is 36.5 Å². The fourth-order valence-electron chi connectivity index (χ4n) is 1.91. The molecule has 0 aliphatic rings. The SMILES string of the molecule is CNC(C(=O)NCCNc1cnccn1)c1cnn(C)c1.Cl.Cl. The number of hydrogen-bond donors (Lipinski definition) is 3. The van der Waals surface area contributed by atoms with Crippen molar-refractivity contribution in [3.8, 4) is 0 Å². The first-order chi connectivity index (χ1) is 10.2. The summed E-state index contributed by atoms with van der Waals surface area (Å²) in [6.45, 7) is 1.07. The lowest BCUT2D eigenvalue weighted by Crippen LogP contribution is -2.38. The predicted octanol–water partition coefficient (Wildman–Crippen LogP) is 0.542. The van der Waals surface area contributed by atoms with Crippen LogP contribution < -0.4 is 16.0 Å². The van der Waals surface area contributed by atoms with Gasteiger partial charge in [-0.25, -0.2) is 4.98 Å². The zero-order valence-electron chi connectivity index (χ0n) is 12.9. The third-order valence-electron chi connectivity index (χ3n) is 2.90. The maximum absolute atomic E-state index is 12.1. The molecule has 3 N–H and O–H groups in total. The van der Waals surface area contributed by atoms with E-state index < -0.39 is 6.04 Å². The number of nitrogens with zero attached hydrogens (tertiary/aromatic N) is 4. The molecule has 1 unspecified atom stereocenters. The van der Waals surface area contributed by atoms with Crippen LogP contribution in [0, 0.1) is 0 Å². The van der Waals surface area contributed by atoms with Crippen LogP contribution in [0.3, 0.4) is 0 Å². The van der Waals surface area contributed by atoms with Crippen molar-refractivity contribution in [3.05, 3.63) is 36.5 Å². The molecule has 2 aromatic heterocycles. The number of carbonyl (C=O) groups is 1. The van der Waals surface area contributed by atoms with Gasteiger partial charge in [0.2, 0.25) is 5.91 Å². The standard InChI is InChI=1S/C13H19N7O.2ClH/c1-14-12(10-7-19-20(2)9-10)13(21)18-6-5-17-11-8-15-3-4-16-11;;/h3-4,7-9,12,14H,5-6H2,1-2H3,(H,16,17)(H,18,21);2*1H. The average molecular weight is 362 g/mol. The summed E-state index contributed by atoms with van der Waals surface area (Å²) >= 11 is 0. The Labute approximate surface area is 147 Å². The van der Waals surface area contributed by atoms with E-state index in [4.69, 9.17) is 0 Å². The summed E-state index contributed by atoms with van der Waals surface area (Å²) in [5.41, 5.74) is 0.833. The van der Waals surface area contributed by atoms with Crippen LogP contribution in [-0.2, 0) is 11.8 Å². The van der Waals surface area contributed by atoms with E-state index in [0.717, 1.165) is 5.56 Å².